The molecule has 0 unspecified atom stereocenters. The largest absolute Gasteiger partial charge is 0.370 e. The third kappa shape index (κ3) is 4.60. The number of hydrogen-bond donors (Lipinski definition) is 1. The minimum Gasteiger partial charge on any atom is -0.370 e. The summed E-state index contributed by atoms with van der Waals surface area (Å²) in [6, 6.07) is 5.40. The van der Waals surface area contributed by atoms with Crippen LogP contribution in [0.1, 0.15) is 26.3 Å². The minimum absolute atomic E-state index is 0.172. The van der Waals surface area contributed by atoms with Crippen LogP contribution in [0.5, 0.6) is 0 Å². The molecule has 0 amide bonds. The van der Waals surface area contributed by atoms with E-state index in [-0.39, 0.29) is 5.82 Å². The monoisotopic (exact) mass is 335 g/mol. The van der Waals surface area contributed by atoms with Gasteiger partial charge in [-0.2, -0.15) is 0 Å². The van der Waals surface area contributed by atoms with E-state index in [1.807, 2.05) is 30.9 Å². The molecule has 1 aromatic carbocycles. The molecule has 6 heteroatoms. The summed E-state index contributed by atoms with van der Waals surface area (Å²) in [5.74, 6) is 0.342. The van der Waals surface area contributed by atoms with Crippen molar-refractivity contribution in [3.63, 3.8) is 0 Å². The Morgan fingerprint density at radius 2 is 1.83 bits per heavy atom. The highest BCUT2D eigenvalue weighted by Gasteiger charge is 2.18. The van der Waals surface area contributed by atoms with E-state index in [0.29, 0.717) is 18.2 Å². The minimum atomic E-state index is -0.172. The van der Waals surface area contributed by atoms with Gasteiger partial charge in [-0.15, -0.1) is 0 Å². The van der Waals surface area contributed by atoms with Crippen LogP contribution in [-0.4, -0.2) is 61.6 Å². The summed E-state index contributed by atoms with van der Waals surface area (Å²) in [6.07, 6.45) is 0. The number of benzene rings is 1. The molecule has 1 fully saturated rings. The van der Waals surface area contributed by atoms with Crippen LogP contribution < -0.4 is 10.6 Å². The van der Waals surface area contributed by atoms with Gasteiger partial charge in [0.25, 0.3) is 0 Å². The third-order valence-corrected chi connectivity index (χ3v) is 4.68. The van der Waals surface area contributed by atoms with Crippen LogP contribution in [0.25, 0.3) is 0 Å². The van der Waals surface area contributed by atoms with Crippen molar-refractivity contribution in [2.45, 2.75) is 27.3 Å². The number of halogens is 1. The molecule has 1 heterocycles. The maximum Gasteiger partial charge on any atom is 0.191 e. The lowest BCUT2D eigenvalue weighted by molar-refractivity contribution is 0.270. The van der Waals surface area contributed by atoms with Crippen molar-refractivity contribution in [2.75, 3.05) is 50.7 Å². The fourth-order valence-corrected chi connectivity index (χ4v) is 3.03. The molecule has 2 rings (SSSR count). The maximum atomic E-state index is 14.5. The molecule has 24 heavy (non-hydrogen) atoms. The van der Waals surface area contributed by atoms with E-state index < -0.39 is 0 Å². The molecule has 0 bridgehead atoms. The van der Waals surface area contributed by atoms with Gasteiger partial charge in [-0.25, -0.2) is 9.38 Å². The van der Waals surface area contributed by atoms with E-state index in [2.05, 4.69) is 21.7 Å². The number of piperazine rings is 1. The highest BCUT2D eigenvalue weighted by molar-refractivity contribution is 5.78. The first-order valence-corrected chi connectivity index (χ1v) is 8.89. The Balaban J connectivity index is 2.01. The first kappa shape index (κ1) is 18.5. The van der Waals surface area contributed by atoms with E-state index in [1.54, 1.807) is 6.07 Å². The van der Waals surface area contributed by atoms with Crippen LogP contribution in [-0.2, 0) is 6.54 Å². The van der Waals surface area contributed by atoms with Crippen molar-refractivity contribution < 1.29 is 4.39 Å². The predicted octanol–water partition coefficient (Wildman–Crippen LogP) is 2.12. The summed E-state index contributed by atoms with van der Waals surface area (Å²) >= 11 is 0. The van der Waals surface area contributed by atoms with Gasteiger partial charge in [-0.3, -0.25) is 0 Å². The number of nitrogens with zero attached hydrogens (tertiary/aromatic N) is 4. The zero-order valence-electron chi connectivity index (χ0n) is 15.1. The number of aliphatic imine (C=N–C) groups is 1. The summed E-state index contributed by atoms with van der Waals surface area (Å²) in [6.45, 7) is 13.1. The molecule has 1 aliphatic rings. The third-order valence-electron chi connectivity index (χ3n) is 4.68. The molecule has 1 saturated heterocycles. The Morgan fingerprint density at radius 1 is 1.17 bits per heavy atom. The molecule has 134 valence electrons. The van der Waals surface area contributed by atoms with Crippen molar-refractivity contribution in [1.29, 1.82) is 0 Å². The van der Waals surface area contributed by atoms with Gasteiger partial charge < -0.3 is 20.4 Å². The average molecular weight is 335 g/mol. The number of anilines is 1. The molecule has 1 aromatic rings. The van der Waals surface area contributed by atoms with Gasteiger partial charge in [0.05, 0.1) is 12.2 Å². The molecule has 0 saturated carbocycles. The van der Waals surface area contributed by atoms with Crippen LogP contribution in [0.4, 0.5) is 10.1 Å². The van der Waals surface area contributed by atoms with Gasteiger partial charge in [0.1, 0.15) is 5.82 Å². The fraction of sp³-hybridized carbons (Fsp3) is 0.611. The molecule has 0 aliphatic carbocycles. The first-order valence-electron chi connectivity index (χ1n) is 8.89. The zero-order valence-corrected chi connectivity index (χ0v) is 15.1. The van der Waals surface area contributed by atoms with Crippen molar-refractivity contribution in [2.24, 2.45) is 10.7 Å². The van der Waals surface area contributed by atoms with Crippen molar-refractivity contribution in [3.8, 4) is 0 Å². The summed E-state index contributed by atoms with van der Waals surface area (Å²) in [5, 5.41) is 0. The van der Waals surface area contributed by atoms with E-state index >= 15 is 0 Å². The average Bonchev–Trinajstić information content (AvgIpc) is 2.61. The Labute approximate surface area is 144 Å². The van der Waals surface area contributed by atoms with Crippen molar-refractivity contribution in [1.82, 2.24) is 9.80 Å². The summed E-state index contributed by atoms with van der Waals surface area (Å²) in [4.78, 5) is 10.9. The maximum absolute atomic E-state index is 14.5. The molecule has 0 atom stereocenters. The molecular formula is C18H30FN5. The highest BCUT2D eigenvalue weighted by atomic mass is 19.1. The number of guanidine groups is 1. The van der Waals surface area contributed by atoms with Crippen LogP contribution >= 0.6 is 0 Å². The van der Waals surface area contributed by atoms with Crippen molar-refractivity contribution in [3.05, 3.63) is 29.6 Å². The second-order valence-corrected chi connectivity index (χ2v) is 6.05. The van der Waals surface area contributed by atoms with Crippen LogP contribution in [0.2, 0.25) is 0 Å². The van der Waals surface area contributed by atoms with Crippen LogP contribution in [0.15, 0.2) is 23.2 Å². The molecule has 0 radical (unpaired) electrons. The number of hydrogen-bond acceptors (Lipinski definition) is 3. The van der Waals surface area contributed by atoms with Crippen LogP contribution in [0, 0.1) is 5.82 Å². The van der Waals surface area contributed by atoms with Gasteiger partial charge in [0, 0.05) is 39.3 Å². The Bertz CT molecular complexity index is 548. The topological polar surface area (TPSA) is 48.1 Å². The van der Waals surface area contributed by atoms with Crippen LogP contribution in [0.3, 0.4) is 0 Å². The molecule has 5 nitrogen and oxygen atoms in total. The Morgan fingerprint density at radius 3 is 2.38 bits per heavy atom. The standard InChI is InChI=1S/C18H30FN5/c1-4-22-9-11-24(12-10-22)17-8-7-15(13-16(17)19)14-21-18(20)23(5-2)6-3/h7-8,13H,4-6,9-12,14H2,1-3H3,(H2,20,21). The van der Waals surface area contributed by atoms with E-state index in [1.165, 1.54) is 0 Å². The number of rotatable bonds is 6. The van der Waals surface area contributed by atoms with Gasteiger partial charge in [0.15, 0.2) is 5.96 Å². The van der Waals surface area contributed by atoms with E-state index in [0.717, 1.165) is 51.4 Å². The van der Waals surface area contributed by atoms with E-state index in [9.17, 15) is 4.39 Å². The molecular weight excluding hydrogens is 305 g/mol. The highest BCUT2D eigenvalue weighted by Crippen LogP contribution is 2.22. The van der Waals surface area contributed by atoms with Crippen molar-refractivity contribution >= 4 is 11.6 Å². The Hall–Kier alpha value is -1.82. The lowest BCUT2D eigenvalue weighted by Crippen LogP contribution is -2.46. The molecule has 1 aliphatic heterocycles. The lowest BCUT2D eigenvalue weighted by Gasteiger charge is -2.35. The Kier molecular flexibility index (Phi) is 6.85. The first-order chi connectivity index (χ1) is 11.6. The van der Waals surface area contributed by atoms with Gasteiger partial charge in [-0.05, 0) is 38.1 Å². The molecule has 0 aromatic heterocycles. The molecule has 2 N–H and O–H groups in total. The number of nitrogens with two attached hydrogens (primary N) is 1. The second kappa shape index (κ2) is 8.87. The van der Waals surface area contributed by atoms with E-state index in [4.69, 9.17) is 5.73 Å². The SMILES string of the molecule is CCN1CCN(c2ccc(CN=C(N)N(CC)CC)cc2F)CC1. The van der Waals surface area contributed by atoms with Gasteiger partial charge >= 0.3 is 0 Å². The molecule has 0 spiro atoms. The zero-order chi connectivity index (χ0) is 17.5. The predicted molar refractivity (Wildman–Crippen MR) is 99.0 cm³/mol. The quantitative estimate of drug-likeness (QED) is 0.639. The summed E-state index contributed by atoms with van der Waals surface area (Å²) in [5.41, 5.74) is 7.50. The van der Waals surface area contributed by atoms with Gasteiger partial charge in [-0.1, -0.05) is 13.0 Å². The van der Waals surface area contributed by atoms with Gasteiger partial charge in [0.2, 0.25) is 0 Å². The summed E-state index contributed by atoms with van der Waals surface area (Å²) in [7, 11) is 0. The number of likely N-dealkylation sites (N-methyl/N-ethyl adjacent to an activating group) is 1. The smallest absolute Gasteiger partial charge is 0.191 e. The normalized spacial score (nSPS) is 16.5. The second-order valence-electron chi connectivity index (χ2n) is 6.05. The fourth-order valence-electron chi connectivity index (χ4n) is 3.03. The lowest BCUT2D eigenvalue weighted by atomic mass is 10.1. The summed E-state index contributed by atoms with van der Waals surface area (Å²) < 4.78 is 14.5.